The zero-order chi connectivity index (χ0) is 18.0. The topological polar surface area (TPSA) is 40.2 Å². The van der Waals surface area contributed by atoms with Crippen LogP contribution in [0.5, 0.6) is 0 Å². The molecule has 1 fully saturated rings. The summed E-state index contributed by atoms with van der Waals surface area (Å²) in [4.78, 5) is 0. The van der Waals surface area contributed by atoms with Crippen LogP contribution in [0.2, 0.25) is 19.6 Å². The third-order valence-electron chi connectivity index (χ3n) is 3.71. The van der Waals surface area contributed by atoms with Gasteiger partial charge < -0.3 is 18.6 Å². The van der Waals surface area contributed by atoms with E-state index in [1.54, 1.807) is 0 Å². The lowest BCUT2D eigenvalue weighted by atomic mass is 9.93. The van der Waals surface area contributed by atoms with Crippen LogP contribution in [-0.4, -0.2) is 51.0 Å². The molecule has 1 saturated heterocycles. The molecule has 5 heteroatoms. The molecule has 0 bridgehead atoms. The molecular weight excluding hydrogens is 308 g/mol. The smallest absolute Gasteiger partial charge is 0.184 e. The number of epoxide rings is 1. The van der Waals surface area contributed by atoms with Crippen molar-refractivity contribution in [3.63, 3.8) is 0 Å². The fraction of sp³-hybridized carbons (Fsp3) is 0.889. The van der Waals surface area contributed by atoms with Gasteiger partial charge in [-0.25, -0.2) is 0 Å². The molecule has 0 amide bonds. The lowest BCUT2D eigenvalue weighted by molar-refractivity contribution is -0.0689. The molecule has 0 saturated carbocycles. The molecule has 1 aliphatic rings. The Balaban J connectivity index is 2.84. The van der Waals surface area contributed by atoms with Crippen molar-refractivity contribution in [3.8, 4) is 0 Å². The van der Waals surface area contributed by atoms with Gasteiger partial charge >= 0.3 is 0 Å². The molecule has 4 atom stereocenters. The van der Waals surface area contributed by atoms with E-state index in [0.717, 1.165) is 5.57 Å². The van der Waals surface area contributed by atoms with E-state index in [9.17, 15) is 0 Å². The van der Waals surface area contributed by atoms with Crippen molar-refractivity contribution in [1.82, 2.24) is 0 Å². The number of hydrogen-bond acceptors (Lipinski definition) is 4. The van der Waals surface area contributed by atoms with E-state index in [4.69, 9.17) is 18.6 Å². The summed E-state index contributed by atoms with van der Waals surface area (Å²) in [5.74, 6) is 0. The van der Waals surface area contributed by atoms with Crippen molar-refractivity contribution in [2.75, 3.05) is 6.61 Å². The summed E-state index contributed by atoms with van der Waals surface area (Å²) in [6, 6.07) is 0. The minimum atomic E-state index is -1.70. The summed E-state index contributed by atoms with van der Waals surface area (Å²) in [6.07, 6.45) is 0.0894. The Morgan fingerprint density at radius 2 is 1.74 bits per heavy atom. The van der Waals surface area contributed by atoms with Crippen LogP contribution < -0.4 is 0 Å². The maximum atomic E-state index is 6.36. The van der Waals surface area contributed by atoms with E-state index in [0.29, 0.717) is 6.61 Å². The van der Waals surface area contributed by atoms with E-state index in [1.807, 2.05) is 34.6 Å². The van der Waals surface area contributed by atoms with Gasteiger partial charge in [0.15, 0.2) is 8.32 Å². The van der Waals surface area contributed by atoms with Gasteiger partial charge in [0, 0.05) is 0 Å². The highest BCUT2D eigenvalue weighted by molar-refractivity contribution is 6.69. The zero-order valence-electron chi connectivity index (χ0n) is 16.4. The van der Waals surface area contributed by atoms with Crippen LogP contribution in [0, 0.1) is 0 Å². The molecule has 0 aromatic rings. The van der Waals surface area contributed by atoms with Crippen molar-refractivity contribution in [2.45, 2.75) is 97.3 Å². The van der Waals surface area contributed by atoms with Crippen molar-refractivity contribution < 1.29 is 18.6 Å². The molecule has 0 radical (unpaired) electrons. The van der Waals surface area contributed by atoms with Gasteiger partial charge in [-0.15, -0.1) is 0 Å². The van der Waals surface area contributed by atoms with E-state index >= 15 is 0 Å². The third-order valence-corrected chi connectivity index (χ3v) is 4.65. The molecule has 0 aromatic carbocycles. The number of ether oxygens (including phenoxy) is 3. The van der Waals surface area contributed by atoms with Gasteiger partial charge in [0.2, 0.25) is 0 Å². The maximum Gasteiger partial charge on any atom is 0.184 e. The lowest BCUT2D eigenvalue weighted by Gasteiger charge is -2.31. The third kappa shape index (κ3) is 6.31. The Morgan fingerprint density at radius 1 is 1.17 bits per heavy atom. The molecule has 1 aliphatic heterocycles. The Labute approximate surface area is 143 Å². The Kier molecular flexibility index (Phi) is 7.05. The van der Waals surface area contributed by atoms with Crippen LogP contribution in [0.1, 0.15) is 41.5 Å². The summed E-state index contributed by atoms with van der Waals surface area (Å²) in [6.45, 7) is 23.5. The fourth-order valence-electron chi connectivity index (χ4n) is 2.79. The van der Waals surface area contributed by atoms with Gasteiger partial charge in [-0.05, 0) is 61.2 Å². The number of rotatable bonds is 10. The fourth-order valence-corrected chi connectivity index (χ4v) is 3.93. The Hall–Kier alpha value is -0.203. The second kappa shape index (κ2) is 7.79. The molecule has 0 N–H and O–H groups in total. The van der Waals surface area contributed by atoms with Crippen LogP contribution >= 0.6 is 0 Å². The molecule has 1 unspecified atom stereocenters. The average molecular weight is 345 g/mol. The van der Waals surface area contributed by atoms with Crippen LogP contribution in [-0.2, 0) is 18.6 Å². The molecule has 23 heavy (non-hydrogen) atoms. The summed E-state index contributed by atoms with van der Waals surface area (Å²) in [5, 5.41) is 0. The summed E-state index contributed by atoms with van der Waals surface area (Å²) in [7, 11) is -1.70. The second-order valence-electron chi connectivity index (χ2n) is 8.28. The molecule has 0 aromatic heterocycles. The first-order chi connectivity index (χ1) is 10.4. The van der Waals surface area contributed by atoms with Crippen LogP contribution in [0.4, 0.5) is 0 Å². The molecule has 1 rings (SSSR count). The van der Waals surface area contributed by atoms with Gasteiger partial charge in [0.05, 0.1) is 24.9 Å². The molecule has 4 nitrogen and oxygen atoms in total. The normalized spacial score (nSPS) is 27.3. The Morgan fingerprint density at radius 3 is 2.13 bits per heavy atom. The van der Waals surface area contributed by atoms with Gasteiger partial charge in [0.1, 0.15) is 17.8 Å². The van der Waals surface area contributed by atoms with Gasteiger partial charge in [-0.2, -0.15) is 0 Å². The highest BCUT2D eigenvalue weighted by atomic mass is 28.4. The molecule has 0 aliphatic carbocycles. The van der Waals surface area contributed by atoms with Gasteiger partial charge in [0.25, 0.3) is 0 Å². The summed E-state index contributed by atoms with van der Waals surface area (Å²) in [5.41, 5.74) is 0.622. The van der Waals surface area contributed by atoms with Crippen molar-refractivity contribution in [3.05, 3.63) is 12.2 Å². The average Bonchev–Trinajstić information content (AvgIpc) is 3.03. The van der Waals surface area contributed by atoms with Crippen LogP contribution in [0.3, 0.4) is 0 Å². The van der Waals surface area contributed by atoms with Crippen molar-refractivity contribution in [1.29, 1.82) is 0 Å². The zero-order valence-corrected chi connectivity index (χ0v) is 17.4. The van der Waals surface area contributed by atoms with Crippen LogP contribution in [0.15, 0.2) is 12.2 Å². The molecule has 0 spiro atoms. The van der Waals surface area contributed by atoms with Gasteiger partial charge in [-0.3, -0.25) is 0 Å². The van der Waals surface area contributed by atoms with Crippen molar-refractivity contribution in [2.24, 2.45) is 0 Å². The predicted octanol–water partition coefficient (Wildman–Crippen LogP) is 4.16. The van der Waals surface area contributed by atoms with Gasteiger partial charge in [-0.1, -0.05) is 12.2 Å². The van der Waals surface area contributed by atoms with E-state index in [2.05, 4.69) is 33.1 Å². The summed E-state index contributed by atoms with van der Waals surface area (Å²) >= 11 is 0. The van der Waals surface area contributed by atoms with Crippen molar-refractivity contribution >= 4 is 8.32 Å². The van der Waals surface area contributed by atoms with Crippen LogP contribution in [0.25, 0.3) is 0 Å². The quantitative estimate of drug-likeness (QED) is 0.339. The molecule has 1 heterocycles. The minimum absolute atomic E-state index is 0.0262. The first kappa shape index (κ1) is 20.8. The minimum Gasteiger partial charge on any atom is -0.408 e. The standard InChI is InChI=1S/C18H36O4Si/c1-12(2)16(22-23(8,9)10)18(7)17(21-18)15(20-14(5)6)11-19-13(3)4/h13-17H,1,11H2,2-10H3/t15-,16?,17+,18+/m1/s1. The predicted molar refractivity (Wildman–Crippen MR) is 97.4 cm³/mol. The first-order valence-electron chi connectivity index (χ1n) is 8.65. The largest absolute Gasteiger partial charge is 0.408 e. The number of hydrogen-bond donors (Lipinski definition) is 0. The maximum absolute atomic E-state index is 6.36. The molecule has 136 valence electrons. The highest BCUT2D eigenvalue weighted by Gasteiger charge is 2.62. The summed E-state index contributed by atoms with van der Waals surface area (Å²) < 4.78 is 24.3. The first-order valence-corrected chi connectivity index (χ1v) is 12.1. The SMILES string of the molecule is C=C(C)C(O[Si](C)(C)C)[C@]1(C)O[C@H]1[C@@H](COC(C)C)OC(C)C. The van der Waals surface area contributed by atoms with E-state index < -0.39 is 8.32 Å². The van der Waals surface area contributed by atoms with E-state index in [1.165, 1.54) is 0 Å². The highest BCUT2D eigenvalue weighted by Crippen LogP contribution is 2.46. The molecular formula is C18H36O4Si. The monoisotopic (exact) mass is 344 g/mol. The second-order valence-corrected chi connectivity index (χ2v) is 12.7. The lowest BCUT2D eigenvalue weighted by Crippen LogP contribution is -2.44. The van der Waals surface area contributed by atoms with E-state index in [-0.39, 0.29) is 36.1 Å². The Bertz CT molecular complexity index is 402.